The molecule has 2 aliphatic heterocycles. The Balaban J connectivity index is 1.65. The van der Waals surface area contributed by atoms with Gasteiger partial charge in [0.2, 0.25) is 0 Å². The maximum Gasteiger partial charge on any atom is 0.293 e. The second-order valence-corrected chi connectivity index (χ2v) is 8.94. The van der Waals surface area contributed by atoms with Gasteiger partial charge in [-0.15, -0.1) is 0 Å². The minimum absolute atomic E-state index is 0.00324. The van der Waals surface area contributed by atoms with Gasteiger partial charge in [-0.2, -0.15) is 0 Å². The highest BCUT2D eigenvalue weighted by Crippen LogP contribution is 2.37. The number of carbonyl (C=O) groups excluding carboxylic acids is 2. The van der Waals surface area contributed by atoms with E-state index in [1.165, 1.54) is 18.2 Å². The van der Waals surface area contributed by atoms with Crippen LogP contribution in [0.4, 0.5) is 16.2 Å². The summed E-state index contributed by atoms with van der Waals surface area (Å²) in [7, 11) is 0. The molecule has 4 rings (SSSR count). The van der Waals surface area contributed by atoms with Crippen LogP contribution >= 0.6 is 35.0 Å². The Bertz CT molecular complexity index is 1130. The number of anilines is 1. The molecule has 166 valence electrons. The van der Waals surface area contributed by atoms with Crippen molar-refractivity contribution in [3.63, 3.8) is 0 Å². The topological polar surface area (TPSA) is 93.0 Å². The molecule has 2 aromatic carbocycles. The molecule has 0 N–H and O–H groups in total. The molecule has 2 fully saturated rings. The minimum atomic E-state index is -0.491. The summed E-state index contributed by atoms with van der Waals surface area (Å²) >= 11 is 12.9. The molecule has 0 aromatic heterocycles. The number of nitro groups is 1. The Morgan fingerprint density at radius 2 is 1.88 bits per heavy atom. The normalized spacial score (nSPS) is 18.0. The molecule has 0 atom stereocenters. The van der Waals surface area contributed by atoms with Gasteiger partial charge in [0.05, 0.1) is 29.6 Å². The number of nitro benzene ring substituents is 1. The number of rotatable bonds is 5. The zero-order valence-electron chi connectivity index (χ0n) is 16.6. The molecule has 32 heavy (non-hydrogen) atoms. The van der Waals surface area contributed by atoms with Gasteiger partial charge in [0.25, 0.3) is 16.8 Å². The Labute approximate surface area is 197 Å². The SMILES string of the molecule is O=C1SC(=Cc2cc([N+](=O)[O-])ccc2N2CCOCC2)C(=O)N1Cc1ccc(Cl)cc1Cl. The summed E-state index contributed by atoms with van der Waals surface area (Å²) in [5.74, 6) is -0.481. The molecule has 2 aliphatic rings. The first kappa shape index (κ1) is 22.6. The van der Waals surface area contributed by atoms with Crippen molar-refractivity contribution in [1.82, 2.24) is 4.90 Å². The highest BCUT2D eigenvalue weighted by molar-refractivity contribution is 8.18. The van der Waals surface area contributed by atoms with Crippen LogP contribution in [-0.4, -0.2) is 47.3 Å². The van der Waals surface area contributed by atoms with Gasteiger partial charge in [-0.1, -0.05) is 29.3 Å². The lowest BCUT2D eigenvalue weighted by molar-refractivity contribution is -0.384. The van der Waals surface area contributed by atoms with Crippen LogP contribution in [0, 0.1) is 10.1 Å². The van der Waals surface area contributed by atoms with Crippen LogP contribution in [0.5, 0.6) is 0 Å². The lowest BCUT2D eigenvalue weighted by atomic mass is 10.1. The van der Waals surface area contributed by atoms with E-state index in [0.29, 0.717) is 47.5 Å². The summed E-state index contributed by atoms with van der Waals surface area (Å²) in [5, 5.41) is 11.7. The summed E-state index contributed by atoms with van der Waals surface area (Å²) < 4.78 is 5.38. The van der Waals surface area contributed by atoms with Gasteiger partial charge in [-0.25, -0.2) is 0 Å². The zero-order valence-corrected chi connectivity index (χ0v) is 19.0. The fourth-order valence-electron chi connectivity index (χ4n) is 3.46. The van der Waals surface area contributed by atoms with Crippen LogP contribution in [0.3, 0.4) is 0 Å². The van der Waals surface area contributed by atoms with Crippen LogP contribution in [-0.2, 0) is 16.1 Å². The molecule has 2 amide bonds. The number of halogens is 2. The number of carbonyl (C=O) groups is 2. The predicted molar refractivity (Wildman–Crippen MR) is 124 cm³/mol. The van der Waals surface area contributed by atoms with Gasteiger partial charge in [-0.3, -0.25) is 24.6 Å². The molecule has 11 heteroatoms. The van der Waals surface area contributed by atoms with Crippen molar-refractivity contribution in [1.29, 1.82) is 0 Å². The van der Waals surface area contributed by atoms with Gasteiger partial charge in [0.15, 0.2) is 0 Å². The smallest absolute Gasteiger partial charge is 0.293 e. The monoisotopic (exact) mass is 493 g/mol. The fourth-order valence-corrected chi connectivity index (χ4v) is 4.76. The van der Waals surface area contributed by atoms with E-state index in [2.05, 4.69) is 0 Å². The van der Waals surface area contributed by atoms with Crippen molar-refractivity contribution < 1.29 is 19.2 Å². The van der Waals surface area contributed by atoms with Gasteiger partial charge in [0.1, 0.15) is 0 Å². The van der Waals surface area contributed by atoms with E-state index < -0.39 is 16.1 Å². The Kier molecular flexibility index (Phi) is 6.71. The first-order valence-electron chi connectivity index (χ1n) is 9.64. The maximum atomic E-state index is 13.0. The average Bonchev–Trinajstić information content (AvgIpc) is 3.03. The number of hydrogen-bond acceptors (Lipinski definition) is 7. The van der Waals surface area contributed by atoms with Gasteiger partial charge < -0.3 is 9.64 Å². The average molecular weight is 494 g/mol. The van der Waals surface area contributed by atoms with Crippen molar-refractivity contribution in [2.24, 2.45) is 0 Å². The van der Waals surface area contributed by atoms with Crippen LogP contribution < -0.4 is 4.90 Å². The largest absolute Gasteiger partial charge is 0.378 e. The number of thioether (sulfide) groups is 1. The van der Waals surface area contributed by atoms with E-state index in [1.807, 2.05) is 4.90 Å². The molecular formula is C21H17Cl2N3O5S. The highest BCUT2D eigenvalue weighted by atomic mass is 35.5. The van der Waals surface area contributed by atoms with E-state index in [1.54, 1.807) is 24.3 Å². The molecule has 0 spiro atoms. The van der Waals surface area contributed by atoms with Crippen molar-refractivity contribution in [3.8, 4) is 0 Å². The van der Waals surface area contributed by atoms with Crippen LogP contribution in [0.15, 0.2) is 41.3 Å². The molecule has 0 radical (unpaired) electrons. The molecule has 0 unspecified atom stereocenters. The van der Waals surface area contributed by atoms with Crippen molar-refractivity contribution in [2.75, 3.05) is 31.2 Å². The molecule has 0 bridgehead atoms. The highest BCUT2D eigenvalue weighted by Gasteiger charge is 2.35. The third-order valence-corrected chi connectivity index (χ3v) is 6.57. The summed E-state index contributed by atoms with van der Waals surface area (Å²) in [6.07, 6.45) is 1.53. The molecule has 0 aliphatic carbocycles. The lowest BCUT2D eigenvalue weighted by Gasteiger charge is -2.30. The minimum Gasteiger partial charge on any atom is -0.378 e. The predicted octanol–water partition coefficient (Wildman–Crippen LogP) is 4.97. The van der Waals surface area contributed by atoms with Gasteiger partial charge in [-0.05, 0) is 41.6 Å². The Morgan fingerprint density at radius 1 is 1.12 bits per heavy atom. The number of nitrogens with zero attached hydrogens (tertiary/aromatic N) is 3. The van der Waals surface area contributed by atoms with Gasteiger partial charge >= 0.3 is 0 Å². The van der Waals surface area contributed by atoms with E-state index in [-0.39, 0.29) is 17.1 Å². The molecule has 2 aromatic rings. The summed E-state index contributed by atoms with van der Waals surface area (Å²) in [6, 6.07) is 9.34. The number of benzene rings is 2. The standard InChI is InChI=1S/C21H17Cl2N3O5S/c22-15-2-1-13(17(23)11-15)12-25-20(27)19(32-21(25)28)10-14-9-16(26(29)30)3-4-18(14)24-5-7-31-8-6-24/h1-4,9-11H,5-8,12H2. The summed E-state index contributed by atoms with van der Waals surface area (Å²) in [4.78, 5) is 39.7. The molecular weight excluding hydrogens is 477 g/mol. The first-order valence-corrected chi connectivity index (χ1v) is 11.2. The number of morpholine rings is 1. The van der Waals surface area contributed by atoms with Crippen LogP contribution in [0.1, 0.15) is 11.1 Å². The molecule has 8 nitrogen and oxygen atoms in total. The molecule has 2 heterocycles. The Hall–Kier alpha value is -2.59. The lowest BCUT2D eigenvalue weighted by Crippen LogP contribution is -2.36. The maximum absolute atomic E-state index is 13.0. The van der Waals surface area contributed by atoms with Crippen LogP contribution in [0.2, 0.25) is 10.0 Å². The first-order chi connectivity index (χ1) is 15.3. The van der Waals surface area contributed by atoms with E-state index >= 15 is 0 Å². The number of amides is 2. The zero-order chi connectivity index (χ0) is 22.8. The number of imide groups is 1. The Morgan fingerprint density at radius 3 is 2.56 bits per heavy atom. The van der Waals surface area contributed by atoms with E-state index in [0.717, 1.165) is 22.3 Å². The molecule has 2 saturated heterocycles. The van der Waals surface area contributed by atoms with Crippen molar-refractivity contribution >= 4 is 63.6 Å². The van der Waals surface area contributed by atoms with E-state index in [9.17, 15) is 19.7 Å². The summed E-state index contributed by atoms with van der Waals surface area (Å²) in [5.41, 5.74) is 1.73. The summed E-state index contributed by atoms with van der Waals surface area (Å²) in [6.45, 7) is 2.32. The second-order valence-electron chi connectivity index (χ2n) is 7.10. The molecule has 0 saturated carbocycles. The third kappa shape index (κ3) is 4.75. The fraction of sp³-hybridized carbons (Fsp3) is 0.238. The van der Waals surface area contributed by atoms with Crippen LogP contribution in [0.25, 0.3) is 6.08 Å². The van der Waals surface area contributed by atoms with Crippen molar-refractivity contribution in [2.45, 2.75) is 6.54 Å². The second kappa shape index (κ2) is 9.50. The van der Waals surface area contributed by atoms with Crippen molar-refractivity contribution in [3.05, 3.63) is 72.6 Å². The number of non-ortho nitro benzene ring substituents is 1. The quantitative estimate of drug-likeness (QED) is 0.329. The third-order valence-electron chi connectivity index (χ3n) is 5.08. The number of hydrogen-bond donors (Lipinski definition) is 0. The van der Waals surface area contributed by atoms with Gasteiger partial charge in [0, 0.05) is 46.5 Å². The van der Waals surface area contributed by atoms with E-state index in [4.69, 9.17) is 27.9 Å². The number of ether oxygens (including phenoxy) is 1.